The van der Waals surface area contributed by atoms with Crippen molar-refractivity contribution in [2.24, 2.45) is 5.92 Å². The minimum atomic E-state index is 0.473. The fraction of sp³-hybridized carbons (Fsp3) is 0.294. The molecule has 0 spiro atoms. The summed E-state index contributed by atoms with van der Waals surface area (Å²) in [5, 5.41) is 21.2. The number of nitriles is 2. The van der Waals surface area contributed by atoms with Gasteiger partial charge in [-0.2, -0.15) is 10.5 Å². The molecule has 6 nitrogen and oxygen atoms in total. The van der Waals surface area contributed by atoms with Crippen LogP contribution < -0.4 is 10.2 Å². The quantitative estimate of drug-likeness (QED) is 0.931. The molecule has 23 heavy (non-hydrogen) atoms. The van der Waals surface area contributed by atoms with Gasteiger partial charge in [0.15, 0.2) is 0 Å². The number of nitrogens with zero attached hydrogens (tertiary/aromatic N) is 5. The predicted molar refractivity (Wildman–Crippen MR) is 86.7 cm³/mol. The van der Waals surface area contributed by atoms with Crippen molar-refractivity contribution in [2.75, 3.05) is 29.9 Å². The van der Waals surface area contributed by atoms with Gasteiger partial charge in [0.25, 0.3) is 0 Å². The number of aromatic nitrogens is 2. The summed E-state index contributed by atoms with van der Waals surface area (Å²) < 4.78 is 0. The third-order valence-electron chi connectivity index (χ3n) is 3.97. The summed E-state index contributed by atoms with van der Waals surface area (Å²) in [6, 6.07) is 11.4. The summed E-state index contributed by atoms with van der Waals surface area (Å²) in [7, 11) is 0. The lowest BCUT2D eigenvalue weighted by Crippen LogP contribution is -2.23. The van der Waals surface area contributed by atoms with Crippen molar-refractivity contribution in [3.63, 3.8) is 0 Å². The first-order valence-electron chi connectivity index (χ1n) is 7.50. The molecular weight excluding hydrogens is 288 g/mol. The van der Waals surface area contributed by atoms with Crippen LogP contribution in [-0.4, -0.2) is 29.6 Å². The van der Waals surface area contributed by atoms with Gasteiger partial charge in [-0.15, -0.1) is 0 Å². The highest BCUT2D eigenvalue weighted by Gasteiger charge is 2.23. The monoisotopic (exact) mass is 304 g/mol. The largest absolute Gasteiger partial charge is 0.369 e. The maximum Gasteiger partial charge on any atom is 0.143 e. The van der Waals surface area contributed by atoms with Gasteiger partial charge in [-0.25, -0.2) is 9.97 Å². The van der Waals surface area contributed by atoms with Crippen LogP contribution in [-0.2, 0) is 0 Å². The summed E-state index contributed by atoms with van der Waals surface area (Å²) in [6.07, 6.45) is 4.35. The molecule has 6 heteroatoms. The van der Waals surface area contributed by atoms with Crippen LogP contribution >= 0.6 is 0 Å². The molecule has 1 saturated heterocycles. The third-order valence-corrected chi connectivity index (χ3v) is 3.97. The molecule has 0 radical (unpaired) electrons. The second-order valence-electron chi connectivity index (χ2n) is 5.51. The molecule has 1 atom stereocenters. The molecule has 114 valence electrons. The molecular formula is C17H16N6. The van der Waals surface area contributed by atoms with Gasteiger partial charge in [0.2, 0.25) is 0 Å². The molecule has 0 amide bonds. The zero-order valence-corrected chi connectivity index (χ0v) is 12.6. The van der Waals surface area contributed by atoms with E-state index in [1.807, 2.05) is 6.07 Å². The predicted octanol–water partition coefficient (Wildman–Crippen LogP) is 2.16. The number of rotatable bonds is 4. The first kappa shape index (κ1) is 14.8. The highest BCUT2D eigenvalue weighted by Crippen LogP contribution is 2.22. The Morgan fingerprint density at radius 1 is 1.22 bits per heavy atom. The molecule has 3 heterocycles. The van der Waals surface area contributed by atoms with Crippen LogP contribution in [0, 0.1) is 28.6 Å². The van der Waals surface area contributed by atoms with Gasteiger partial charge in [0.05, 0.1) is 11.1 Å². The highest BCUT2D eigenvalue weighted by molar-refractivity contribution is 5.51. The van der Waals surface area contributed by atoms with Crippen molar-refractivity contribution < 1.29 is 0 Å². The average Bonchev–Trinajstić information content (AvgIpc) is 3.09. The molecule has 1 N–H and O–H groups in total. The molecule has 0 aliphatic carbocycles. The third kappa shape index (κ3) is 3.38. The van der Waals surface area contributed by atoms with Crippen LogP contribution in [0.4, 0.5) is 11.6 Å². The average molecular weight is 304 g/mol. The first-order valence-corrected chi connectivity index (χ1v) is 7.50. The van der Waals surface area contributed by atoms with E-state index in [2.05, 4.69) is 32.3 Å². The maximum absolute atomic E-state index is 9.07. The van der Waals surface area contributed by atoms with E-state index in [1.54, 1.807) is 30.6 Å². The van der Waals surface area contributed by atoms with Crippen LogP contribution in [0.5, 0.6) is 0 Å². The maximum atomic E-state index is 9.07. The minimum Gasteiger partial charge on any atom is -0.369 e. The summed E-state index contributed by atoms with van der Waals surface area (Å²) in [6.45, 7) is 2.62. The van der Waals surface area contributed by atoms with Gasteiger partial charge in [-0.1, -0.05) is 0 Å². The lowest BCUT2D eigenvalue weighted by atomic mass is 10.1. The van der Waals surface area contributed by atoms with Gasteiger partial charge in [-0.05, 0) is 36.6 Å². The normalized spacial score (nSPS) is 16.6. The molecule has 3 rings (SSSR count). The van der Waals surface area contributed by atoms with Crippen LogP contribution in [0.3, 0.4) is 0 Å². The minimum absolute atomic E-state index is 0.473. The molecule has 2 aromatic rings. The van der Waals surface area contributed by atoms with Gasteiger partial charge in [0.1, 0.15) is 23.8 Å². The van der Waals surface area contributed by atoms with Crippen molar-refractivity contribution in [3.8, 4) is 12.1 Å². The van der Waals surface area contributed by atoms with E-state index in [4.69, 9.17) is 10.5 Å². The zero-order chi connectivity index (χ0) is 16.1. The number of hydrogen-bond donors (Lipinski definition) is 1. The molecule has 0 unspecified atom stereocenters. The van der Waals surface area contributed by atoms with Crippen LogP contribution in [0.25, 0.3) is 0 Å². The second kappa shape index (κ2) is 6.76. The molecule has 0 bridgehead atoms. The Morgan fingerprint density at radius 2 is 2.13 bits per heavy atom. The first-order chi connectivity index (χ1) is 11.3. The van der Waals surface area contributed by atoms with E-state index in [0.717, 1.165) is 31.9 Å². The number of nitrogens with one attached hydrogen (secondary N) is 1. The molecule has 2 aromatic heterocycles. The van der Waals surface area contributed by atoms with E-state index in [9.17, 15) is 0 Å². The Hall–Kier alpha value is -3.12. The Labute approximate surface area is 135 Å². The van der Waals surface area contributed by atoms with Crippen molar-refractivity contribution in [1.82, 2.24) is 9.97 Å². The number of pyridine rings is 2. The molecule has 1 aliphatic heterocycles. The second-order valence-corrected chi connectivity index (χ2v) is 5.51. The standard InChI is InChI=1S/C17H16N6/c18-8-13-3-4-16(21-10-13)23-7-5-14(12-23)11-22-17-15(9-19)2-1-6-20-17/h1-4,6,10,14H,5,7,11-12H2,(H,20,22)/t14-/m0/s1. The number of anilines is 2. The Morgan fingerprint density at radius 3 is 2.87 bits per heavy atom. The SMILES string of the molecule is N#Cc1ccc(N2CC[C@@H](CNc3ncccc3C#N)C2)nc1. The molecule has 1 aliphatic rings. The highest BCUT2D eigenvalue weighted by atomic mass is 15.2. The van der Waals surface area contributed by atoms with E-state index in [1.165, 1.54) is 0 Å². The topological polar surface area (TPSA) is 88.6 Å². The summed E-state index contributed by atoms with van der Waals surface area (Å²) in [5.41, 5.74) is 1.14. The van der Waals surface area contributed by atoms with Crippen molar-refractivity contribution in [1.29, 1.82) is 10.5 Å². The van der Waals surface area contributed by atoms with E-state index in [-0.39, 0.29) is 0 Å². The van der Waals surface area contributed by atoms with Gasteiger partial charge in [-0.3, -0.25) is 0 Å². The van der Waals surface area contributed by atoms with Crippen molar-refractivity contribution in [2.45, 2.75) is 6.42 Å². The summed E-state index contributed by atoms with van der Waals surface area (Å²) in [4.78, 5) is 10.8. The van der Waals surface area contributed by atoms with Crippen molar-refractivity contribution in [3.05, 3.63) is 47.8 Å². The summed E-state index contributed by atoms with van der Waals surface area (Å²) in [5.74, 6) is 2.02. The Balaban J connectivity index is 1.57. The van der Waals surface area contributed by atoms with Gasteiger partial charge < -0.3 is 10.2 Å². The van der Waals surface area contributed by atoms with Crippen molar-refractivity contribution >= 4 is 11.6 Å². The van der Waals surface area contributed by atoms with E-state index in [0.29, 0.717) is 22.9 Å². The van der Waals surface area contributed by atoms with Crippen LogP contribution in [0.1, 0.15) is 17.5 Å². The lowest BCUT2D eigenvalue weighted by Gasteiger charge is -2.17. The fourth-order valence-electron chi connectivity index (χ4n) is 2.72. The van der Waals surface area contributed by atoms with Gasteiger partial charge in [0, 0.05) is 32.0 Å². The lowest BCUT2D eigenvalue weighted by molar-refractivity contribution is 0.620. The van der Waals surface area contributed by atoms with Crippen LogP contribution in [0.2, 0.25) is 0 Å². The van der Waals surface area contributed by atoms with Gasteiger partial charge >= 0.3 is 0 Å². The zero-order valence-electron chi connectivity index (χ0n) is 12.6. The Bertz CT molecular complexity index is 756. The number of hydrogen-bond acceptors (Lipinski definition) is 6. The van der Waals surface area contributed by atoms with Crippen LogP contribution in [0.15, 0.2) is 36.7 Å². The molecule has 1 fully saturated rings. The smallest absolute Gasteiger partial charge is 0.143 e. The Kier molecular flexibility index (Phi) is 4.35. The van der Waals surface area contributed by atoms with E-state index < -0.39 is 0 Å². The van der Waals surface area contributed by atoms with E-state index >= 15 is 0 Å². The molecule has 0 aromatic carbocycles. The fourth-order valence-corrected chi connectivity index (χ4v) is 2.72. The summed E-state index contributed by atoms with van der Waals surface area (Å²) >= 11 is 0. The molecule has 0 saturated carbocycles.